The van der Waals surface area contributed by atoms with E-state index in [2.05, 4.69) is 11.3 Å². The summed E-state index contributed by atoms with van der Waals surface area (Å²) in [4.78, 5) is 10.3. The van der Waals surface area contributed by atoms with Crippen molar-refractivity contribution in [3.63, 3.8) is 0 Å². The van der Waals surface area contributed by atoms with E-state index in [1.165, 1.54) is 7.11 Å². The van der Waals surface area contributed by atoms with Crippen LogP contribution in [0.1, 0.15) is 6.92 Å². The van der Waals surface area contributed by atoms with Gasteiger partial charge in [0.05, 0.1) is 0 Å². The van der Waals surface area contributed by atoms with Gasteiger partial charge in [0, 0.05) is 7.11 Å². The normalized spacial score (nSPS) is 12.2. The second-order valence-electron chi connectivity index (χ2n) is 1.71. The minimum Gasteiger partial charge on any atom is -0.460 e. The lowest BCUT2D eigenvalue weighted by Gasteiger charge is -2.11. The zero-order chi connectivity index (χ0) is 8.15. The monoisotopic (exact) mass is 145 g/mol. The summed E-state index contributed by atoms with van der Waals surface area (Å²) in [7, 11) is 1.46. The lowest BCUT2D eigenvalue weighted by molar-refractivity contribution is -0.127. The highest BCUT2D eigenvalue weighted by Gasteiger charge is 2.06. The van der Waals surface area contributed by atoms with Gasteiger partial charge in [0.15, 0.2) is 12.0 Å². The molecule has 1 amide bonds. The molecular formula is C6H11NO3. The van der Waals surface area contributed by atoms with Crippen LogP contribution in [0.15, 0.2) is 12.3 Å². The van der Waals surface area contributed by atoms with Crippen LogP contribution >= 0.6 is 0 Å². The minimum absolute atomic E-state index is 0.0886. The van der Waals surface area contributed by atoms with Gasteiger partial charge in [0.2, 0.25) is 0 Å². The van der Waals surface area contributed by atoms with Gasteiger partial charge in [-0.1, -0.05) is 6.58 Å². The van der Waals surface area contributed by atoms with Gasteiger partial charge in [-0.25, -0.2) is 0 Å². The van der Waals surface area contributed by atoms with Crippen molar-refractivity contribution in [3.8, 4) is 0 Å². The summed E-state index contributed by atoms with van der Waals surface area (Å²) in [5, 5.41) is 0. The van der Waals surface area contributed by atoms with Gasteiger partial charge in [-0.2, -0.15) is 0 Å². The number of primary amides is 1. The van der Waals surface area contributed by atoms with Gasteiger partial charge >= 0.3 is 0 Å². The summed E-state index contributed by atoms with van der Waals surface area (Å²) in [6, 6.07) is 0. The van der Waals surface area contributed by atoms with Crippen LogP contribution in [0.4, 0.5) is 0 Å². The number of carbonyl (C=O) groups is 1. The molecule has 0 rings (SSSR count). The quantitative estimate of drug-likeness (QED) is 0.344. The number of amides is 1. The first-order valence-corrected chi connectivity index (χ1v) is 2.76. The fourth-order valence-electron chi connectivity index (χ4n) is 0.307. The molecule has 0 aliphatic carbocycles. The van der Waals surface area contributed by atoms with Gasteiger partial charge in [-0.15, -0.1) is 0 Å². The van der Waals surface area contributed by atoms with E-state index in [0.29, 0.717) is 0 Å². The Hall–Kier alpha value is -1.03. The average Bonchev–Trinajstić information content (AvgIpc) is 1.87. The van der Waals surface area contributed by atoms with Crippen LogP contribution in [0, 0.1) is 0 Å². The van der Waals surface area contributed by atoms with Crippen molar-refractivity contribution in [2.24, 2.45) is 5.73 Å². The van der Waals surface area contributed by atoms with Gasteiger partial charge in [-0.3, -0.25) is 4.79 Å². The zero-order valence-corrected chi connectivity index (χ0v) is 6.09. The first-order chi connectivity index (χ1) is 4.57. The van der Waals surface area contributed by atoms with Crippen LogP contribution in [0.5, 0.6) is 0 Å². The Balaban J connectivity index is 3.68. The Bertz CT molecular complexity index is 144. The van der Waals surface area contributed by atoms with E-state index in [1.54, 1.807) is 6.92 Å². The van der Waals surface area contributed by atoms with Crippen molar-refractivity contribution >= 4 is 5.91 Å². The highest BCUT2D eigenvalue weighted by atomic mass is 16.7. The zero-order valence-electron chi connectivity index (χ0n) is 6.09. The van der Waals surface area contributed by atoms with Crippen LogP contribution in [-0.4, -0.2) is 19.3 Å². The van der Waals surface area contributed by atoms with Crippen molar-refractivity contribution in [2.75, 3.05) is 7.11 Å². The summed E-state index contributed by atoms with van der Waals surface area (Å²) in [5.41, 5.74) is 4.82. The number of nitrogens with two attached hydrogens (primary N) is 1. The third-order valence-corrected chi connectivity index (χ3v) is 0.915. The number of rotatable bonds is 4. The Morgan fingerprint density at radius 2 is 2.20 bits per heavy atom. The minimum atomic E-state index is -0.677. The average molecular weight is 145 g/mol. The Morgan fingerprint density at radius 1 is 1.70 bits per heavy atom. The summed E-state index contributed by atoms with van der Waals surface area (Å²) in [6.45, 7) is 4.90. The van der Waals surface area contributed by atoms with E-state index in [0.717, 1.165) is 0 Å². The molecule has 1 atom stereocenters. The van der Waals surface area contributed by atoms with Crippen LogP contribution in [-0.2, 0) is 14.3 Å². The molecule has 0 aromatic carbocycles. The molecule has 0 spiro atoms. The number of methoxy groups -OCH3 is 1. The Morgan fingerprint density at radius 3 is 2.50 bits per heavy atom. The molecule has 0 fully saturated rings. The molecule has 1 unspecified atom stereocenters. The first-order valence-electron chi connectivity index (χ1n) is 2.76. The molecule has 4 nitrogen and oxygen atoms in total. The standard InChI is InChI=1S/C6H11NO3/c1-4(6(7)8)10-5(2)9-3/h5H,1H2,2-3H3,(H2,7,8). The topological polar surface area (TPSA) is 61.6 Å². The summed E-state index contributed by atoms with van der Waals surface area (Å²) < 4.78 is 9.45. The second-order valence-corrected chi connectivity index (χ2v) is 1.71. The van der Waals surface area contributed by atoms with E-state index >= 15 is 0 Å². The van der Waals surface area contributed by atoms with Crippen molar-refractivity contribution in [1.82, 2.24) is 0 Å². The maximum atomic E-state index is 10.3. The van der Waals surface area contributed by atoms with Crippen LogP contribution in [0.25, 0.3) is 0 Å². The molecule has 10 heavy (non-hydrogen) atoms. The second kappa shape index (κ2) is 3.90. The van der Waals surface area contributed by atoms with Crippen LogP contribution in [0.2, 0.25) is 0 Å². The SMILES string of the molecule is C=C(OC(C)OC)C(N)=O. The fraction of sp³-hybridized carbons (Fsp3) is 0.500. The first kappa shape index (κ1) is 8.97. The van der Waals surface area contributed by atoms with Crippen molar-refractivity contribution < 1.29 is 14.3 Å². The lowest BCUT2D eigenvalue weighted by Crippen LogP contribution is -2.20. The molecule has 0 aliphatic rings. The van der Waals surface area contributed by atoms with Gasteiger partial charge < -0.3 is 15.2 Å². The van der Waals surface area contributed by atoms with E-state index < -0.39 is 12.2 Å². The molecule has 0 aromatic rings. The number of ether oxygens (including phenoxy) is 2. The molecular weight excluding hydrogens is 134 g/mol. The number of hydrogen-bond donors (Lipinski definition) is 1. The smallest absolute Gasteiger partial charge is 0.283 e. The lowest BCUT2D eigenvalue weighted by atomic mass is 10.5. The Kier molecular flexibility index (Phi) is 3.49. The highest BCUT2D eigenvalue weighted by molar-refractivity contribution is 5.89. The molecule has 0 heterocycles. The maximum Gasteiger partial charge on any atom is 0.283 e. The van der Waals surface area contributed by atoms with Crippen molar-refractivity contribution in [2.45, 2.75) is 13.2 Å². The van der Waals surface area contributed by atoms with Crippen molar-refractivity contribution in [3.05, 3.63) is 12.3 Å². The Labute approximate surface area is 59.6 Å². The molecule has 0 bridgehead atoms. The van der Waals surface area contributed by atoms with E-state index in [9.17, 15) is 4.79 Å². The third kappa shape index (κ3) is 3.09. The van der Waals surface area contributed by atoms with Crippen molar-refractivity contribution in [1.29, 1.82) is 0 Å². The molecule has 4 heteroatoms. The summed E-state index contributed by atoms with van der Waals surface area (Å²) >= 11 is 0. The van der Waals surface area contributed by atoms with E-state index in [-0.39, 0.29) is 5.76 Å². The van der Waals surface area contributed by atoms with E-state index in [4.69, 9.17) is 10.5 Å². The highest BCUT2D eigenvalue weighted by Crippen LogP contribution is 1.98. The van der Waals surface area contributed by atoms with Crippen LogP contribution in [0.3, 0.4) is 0 Å². The molecule has 0 radical (unpaired) electrons. The van der Waals surface area contributed by atoms with Gasteiger partial charge in [0.25, 0.3) is 5.91 Å². The molecule has 58 valence electrons. The van der Waals surface area contributed by atoms with Gasteiger partial charge in [0.1, 0.15) is 0 Å². The maximum absolute atomic E-state index is 10.3. The van der Waals surface area contributed by atoms with Gasteiger partial charge in [-0.05, 0) is 6.92 Å². The van der Waals surface area contributed by atoms with E-state index in [1.807, 2.05) is 0 Å². The largest absolute Gasteiger partial charge is 0.460 e. The summed E-state index contributed by atoms with van der Waals surface area (Å²) in [5.74, 6) is -0.766. The molecule has 0 saturated carbocycles. The fourth-order valence-corrected chi connectivity index (χ4v) is 0.307. The predicted octanol–water partition coefficient (Wildman–Crippen LogP) is -0.00560. The molecule has 0 saturated heterocycles. The number of carbonyl (C=O) groups excluding carboxylic acids is 1. The molecule has 2 N–H and O–H groups in total. The predicted molar refractivity (Wildman–Crippen MR) is 35.9 cm³/mol. The summed E-state index contributed by atoms with van der Waals surface area (Å²) in [6.07, 6.45) is -0.486. The number of hydrogen-bond acceptors (Lipinski definition) is 3. The molecule has 0 aliphatic heterocycles. The van der Waals surface area contributed by atoms with Crippen LogP contribution < -0.4 is 5.73 Å². The third-order valence-electron chi connectivity index (χ3n) is 0.915. The molecule has 0 aromatic heterocycles.